The lowest BCUT2D eigenvalue weighted by atomic mass is 9.88. The minimum absolute atomic E-state index is 0.126. The Kier molecular flexibility index (Phi) is 5.43. The van der Waals surface area contributed by atoms with E-state index in [0.29, 0.717) is 18.3 Å². The third-order valence-corrected chi connectivity index (χ3v) is 6.48. The van der Waals surface area contributed by atoms with Crippen LogP contribution in [0.25, 0.3) is 0 Å². The minimum atomic E-state index is -0.140. The number of likely N-dealkylation sites (tertiary alicyclic amines) is 1. The third-order valence-electron chi connectivity index (χ3n) is 6.48. The van der Waals surface area contributed by atoms with Gasteiger partial charge in [0, 0.05) is 18.6 Å². The summed E-state index contributed by atoms with van der Waals surface area (Å²) in [5.41, 5.74) is 2.65. The second kappa shape index (κ2) is 8.39. The minimum Gasteiger partial charge on any atom is -0.489 e. The monoisotopic (exact) mass is 431 g/mol. The van der Waals surface area contributed by atoms with E-state index in [0.717, 1.165) is 37.2 Å². The molecule has 7 nitrogen and oxygen atoms in total. The Hall–Kier alpha value is -3.19. The van der Waals surface area contributed by atoms with Crippen LogP contribution < -0.4 is 10.1 Å². The summed E-state index contributed by atoms with van der Waals surface area (Å²) in [4.78, 5) is 14.8. The highest BCUT2D eigenvalue weighted by atomic mass is 16.5. The maximum absolute atomic E-state index is 12.5. The molecular weight excluding hydrogens is 402 g/mol. The SMILES string of the molecule is CC(C)(c1ccc(OCc2ccccc2)cc1)N1CC(NC(=O)c2cn(C3CC3)nn2)C1. The summed E-state index contributed by atoms with van der Waals surface area (Å²) in [6.07, 6.45) is 4.00. The summed E-state index contributed by atoms with van der Waals surface area (Å²) in [6.45, 7) is 6.60. The number of benzene rings is 2. The first kappa shape index (κ1) is 20.7. The number of carbonyl (C=O) groups excluding carboxylic acids is 1. The topological polar surface area (TPSA) is 72.3 Å². The van der Waals surface area contributed by atoms with E-state index in [2.05, 4.69) is 58.6 Å². The van der Waals surface area contributed by atoms with E-state index in [1.165, 1.54) is 5.56 Å². The molecule has 0 atom stereocenters. The molecule has 2 aromatic carbocycles. The number of rotatable bonds is 8. The molecule has 7 heteroatoms. The van der Waals surface area contributed by atoms with Crippen LogP contribution in [0.1, 0.15) is 54.3 Å². The Morgan fingerprint density at radius 1 is 1.09 bits per heavy atom. The van der Waals surface area contributed by atoms with Crippen LogP contribution in [-0.4, -0.2) is 44.9 Å². The normalized spacial score (nSPS) is 17.1. The highest BCUT2D eigenvalue weighted by Gasteiger charge is 2.39. The average Bonchev–Trinajstić information content (AvgIpc) is 3.51. The number of nitrogens with zero attached hydrogens (tertiary/aromatic N) is 4. The van der Waals surface area contributed by atoms with Crippen molar-refractivity contribution in [1.29, 1.82) is 0 Å². The van der Waals surface area contributed by atoms with Gasteiger partial charge in [-0.2, -0.15) is 0 Å². The average molecular weight is 432 g/mol. The summed E-state index contributed by atoms with van der Waals surface area (Å²) in [5.74, 6) is 0.723. The predicted octanol–water partition coefficient (Wildman–Crippen LogP) is 3.54. The Morgan fingerprint density at radius 2 is 1.81 bits per heavy atom. The van der Waals surface area contributed by atoms with Gasteiger partial charge >= 0.3 is 0 Å². The summed E-state index contributed by atoms with van der Waals surface area (Å²) in [6, 6.07) is 19.0. The summed E-state index contributed by atoms with van der Waals surface area (Å²) in [5, 5.41) is 11.2. The molecule has 2 fully saturated rings. The Labute approximate surface area is 188 Å². The molecule has 5 rings (SSSR count). The van der Waals surface area contributed by atoms with Crippen LogP contribution in [0.3, 0.4) is 0 Å². The van der Waals surface area contributed by atoms with E-state index in [9.17, 15) is 4.79 Å². The zero-order valence-electron chi connectivity index (χ0n) is 18.6. The first-order chi connectivity index (χ1) is 15.5. The smallest absolute Gasteiger partial charge is 0.273 e. The zero-order chi connectivity index (χ0) is 22.1. The van der Waals surface area contributed by atoms with Crippen LogP contribution >= 0.6 is 0 Å². The van der Waals surface area contributed by atoms with Gasteiger partial charge in [0.2, 0.25) is 0 Å². The molecule has 1 N–H and O–H groups in total. The maximum atomic E-state index is 12.5. The number of nitrogens with one attached hydrogen (secondary N) is 1. The van der Waals surface area contributed by atoms with Gasteiger partial charge in [0.1, 0.15) is 12.4 Å². The Morgan fingerprint density at radius 3 is 2.50 bits per heavy atom. The van der Waals surface area contributed by atoms with E-state index in [1.54, 1.807) is 10.9 Å². The van der Waals surface area contributed by atoms with E-state index in [1.807, 2.05) is 30.3 Å². The van der Waals surface area contributed by atoms with Crippen LogP contribution in [0.4, 0.5) is 0 Å². The van der Waals surface area contributed by atoms with E-state index < -0.39 is 0 Å². The summed E-state index contributed by atoms with van der Waals surface area (Å²) >= 11 is 0. The van der Waals surface area contributed by atoms with Crippen molar-refractivity contribution in [2.24, 2.45) is 0 Å². The standard InChI is InChI=1S/C25H29N5O2/c1-25(2,19-8-12-22(13-9-19)32-17-18-6-4-3-5-7-18)29-14-20(15-29)26-24(31)23-16-30(28-27-23)21-10-11-21/h3-9,12-13,16,20-21H,10-11,14-15,17H2,1-2H3,(H,26,31). The lowest BCUT2D eigenvalue weighted by Gasteiger charge is -2.49. The number of aromatic nitrogens is 3. The number of hydrogen-bond donors (Lipinski definition) is 1. The van der Waals surface area contributed by atoms with Crippen LogP contribution in [0.5, 0.6) is 5.75 Å². The number of carbonyl (C=O) groups is 1. The summed E-state index contributed by atoms with van der Waals surface area (Å²) in [7, 11) is 0. The molecule has 0 radical (unpaired) electrons. The van der Waals surface area contributed by atoms with Gasteiger partial charge in [-0.05, 0) is 49.9 Å². The van der Waals surface area contributed by atoms with Gasteiger partial charge in [0.05, 0.1) is 18.3 Å². The molecule has 0 unspecified atom stereocenters. The number of ether oxygens (including phenoxy) is 1. The Bertz CT molecular complexity index is 1070. The molecule has 0 spiro atoms. The van der Waals surface area contributed by atoms with Gasteiger partial charge < -0.3 is 10.1 Å². The van der Waals surface area contributed by atoms with Crippen molar-refractivity contribution in [2.45, 2.75) is 50.9 Å². The molecule has 1 saturated carbocycles. The predicted molar refractivity (Wildman–Crippen MR) is 121 cm³/mol. The van der Waals surface area contributed by atoms with Gasteiger partial charge in [-0.15, -0.1) is 5.10 Å². The highest BCUT2D eigenvalue weighted by Crippen LogP contribution is 2.34. The molecule has 2 heterocycles. The fraction of sp³-hybridized carbons (Fsp3) is 0.400. The molecule has 3 aromatic rings. The quantitative estimate of drug-likeness (QED) is 0.591. The van der Waals surface area contributed by atoms with Crippen LogP contribution in [-0.2, 0) is 12.1 Å². The lowest BCUT2D eigenvalue weighted by Crippen LogP contribution is -2.64. The van der Waals surface area contributed by atoms with Crippen molar-refractivity contribution in [3.05, 3.63) is 77.6 Å². The molecule has 1 aliphatic heterocycles. The molecule has 32 heavy (non-hydrogen) atoms. The van der Waals surface area contributed by atoms with E-state index in [-0.39, 0.29) is 17.5 Å². The van der Waals surface area contributed by atoms with Crippen molar-refractivity contribution in [2.75, 3.05) is 13.1 Å². The van der Waals surface area contributed by atoms with E-state index >= 15 is 0 Å². The molecule has 0 bridgehead atoms. The molecule has 1 aliphatic carbocycles. The largest absolute Gasteiger partial charge is 0.489 e. The van der Waals surface area contributed by atoms with Gasteiger partial charge in [-0.25, -0.2) is 4.68 Å². The van der Waals surface area contributed by atoms with Gasteiger partial charge in [-0.3, -0.25) is 9.69 Å². The van der Waals surface area contributed by atoms with Crippen molar-refractivity contribution in [3.8, 4) is 5.75 Å². The number of hydrogen-bond acceptors (Lipinski definition) is 5. The first-order valence-electron chi connectivity index (χ1n) is 11.2. The molecule has 1 amide bonds. The van der Waals surface area contributed by atoms with Gasteiger partial charge in [-0.1, -0.05) is 47.7 Å². The van der Waals surface area contributed by atoms with Crippen molar-refractivity contribution in [1.82, 2.24) is 25.2 Å². The Balaban J connectivity index is 1.12. The highest BCUT2D eigenvalue weighted by molar-refractivity contribution is 5.92. The van der Waals surface area contributed by atoms with Crippen LogP contribution in [0, 0.1) is 0 Å². The van der Waals surface area contributed by atoms with Crippen molar-refractivity contribution >= 4 is 5.91 Å². The first-order valence-corrected chi connectivity index (χ1v) is 11.2. The third kappa shape index (κ3) is 4.39. The van der Waals surface area contributed by atoms with Crippen LogP contribution in [0.2, 0.25) is 0 Å². The second-order valence-electron chi connectivity index (χ2n) is 9.25. The number of amides is 1. The lowest BCUT2D eigenvalue weighted by molar-refractivity contribution is 0.0208. The molecule has 1 aromatic heterocycles. The van der Waals surface area contributed by atoms with Gasteiger partial charge in [0.25, 0.3) is 5.91 Å². The summed E-state index contributed by atoms with van der Waals surface area (Å²) < 4.78 is 7.71. The fourth-order valence-electron chi connectivity index (χ4n) is 4.07. The molecule has 2 aliphatic rings. The second-order valence-corrected chi connectivity index (χ2v) is 9.25. The molecule has 166 valence electrons. The van der Waals surface area contributed by atoms with Crippen molar-refractivity contribution < 1.29 is 9.53 Å². The molecular formula is C25H29N5O2. The van der Waals surface area contributed by atoms with Crippen molar-refractivity contribution in [3.63, 3.8) is 0 Å². The molecule has 1 saturated heterocycles. The van der Waals surface area contributed by atoms with Gasteiger partial charge in [0.15, 0.2) is 5.69 Å². The van der Waals surface area contributed by atoms with E-state index in [4.69, 9.17) is 4.74 Å². The van der Waals surface area contributed by atoms with Crippen LogP contribution in [0.15, 0.2) is 60.8 Å². The fourth-order valence-corrected chi connectivity index (χ4v) is 4.07. The maximum Gasteiger partial charge on any atom is 0.273 e. The zero-order valence-corrected chi connectivity index (χ0v) is 18.6.